The molecule has 128 valence electrons. The maximum absolute atomic E-state index is 12.8. The summed E-state index contributed by atoms with van der Waals surface area (Å²) in [4.78, 5) is 12.2. The van der Waals surface area contributed by atoms with Crippen LogP contribution in [0, 0.1) is 5.82 Å². The molecule has 1 N–H and O–H groups in total. The van der Waals surface area contributed by atoms with Gasteiger partial charge in [-0.1, -0.05) is 32.1 Å². The fourth-order valence-electron chi connectivity index (χ4n) is 1.93. The van der Waals surface area contributed by atoms with Gasteiger partial charge < -0.3 is 14.6 Å². The molecule has 0 atom stereocenters. The van der Waals surface area contributed by atoms with E-state index in [0.29, 0.717) is 11.3 Å². The second-order valence-corrected chi connectivity index (χ2v) is 4.47. The van der Waals surface area contributed by atoms with Crippen LogP contribution in [0.5, 0.6) is 17.2 Å². The molecule has 2 aromatic rings. The van der Waals surface area contributed by atoms with E-state index in [9.17, 15) is 14.3 Å². The molecule has 2 rings (SSSR count). The Hall–Kier alpha value is -2.82. The summed E-state index contributed by atoms with van der Waals surface area (Å²) >= 11 is 0. The van der Waals surface area contributed by atoms with Gasteiger partial charge in [-0.15, -0.1) is 0 Å². The summed E-state index contributed by atoms with van der Waals surface area (Å²) in [5, 5.41) is 9.97. The van der Waals surface area contributed by atoms with E-state index in [1.165, 1.54) is 50.6 Å². The van der Waals surface area contributed by atoms with E-state index in [1.54, 1.807) is 12.1 Å². The van der Waals surface area contributed by atoms with Crippen LogP contribution in [0.2, 0.25) is 0 Å². The van der Waals surface area contributed by atoms with Gasteiger partial charge in [-0.05, 0) is 23.8 Å². The lowest BCUT2D eigenvalue weighted by atomic mass is 10.1. The quantitative estimate of drug-likeness (QED) is 0.648. The van der Waals surface area contributed by atoms with Crippen molar-refractivity contribution in [1.29, 1.82) is 0 Å². The lowest BCUT2D eigenvalue weighted by Gasteiger charge is -2.10. The van der Waals surface area contributed by atoms with E-state index in [4.69, 9.17) is 9.47 Å². The predicted molar refractivity (Wildman–Crippen MR) is 92.3 cm³/mol. The zero-order valence-corrected chi connectivity index (χ0v) is 14.2. The van der Waals surface area contributed by atoms with Gasteiger partial charge in [-0.2, -0.15) is 0 Å². The molecule has 0 aliphatic rings. The van der Waals surface area contributed by atoms with Gasteiger partial charge in [0.05, 0.1) is 14.2 Å². The third-order valence-corrected chi connectivity index (χ3v) is 3.05. The van der Waals surface area contributed by atoms with Crippen molar-refractivity contribution in [3.8, 4) is 17.2 Å². The number of carbonyl (C=O) groups is 1. The van der Waals surface area contributed by atoms with Crippen LogP contribution in [-0.4, -0.2) is 25.1 Å². The minimum Gasteiger partial charge on any atom is -0.507 e. The van der Waals surface area contributed by atoms with Gasteiger partial charge >= 0.3 is 0 Å². The van der Waals surface area contributed by atoms with Crippen molar-refractivity contribution in [3.05, 3.63) is 59.4 Å². The topological polar surface area (TPSA) is 55.8 Å². The molecule has 4 nitrogen and oxygen atoms in total. The van der Waals surface area contributed by atoms with Crippen LogP contribution >= 0.6 is 0 Å². The number of aromatic hydroxyl groups is 1. The van der Waals surface area contributed by atoms with Gasteiger partial charge in [0.15, 0.2) is 5.78 Å². The van der Waals surface area contributed by atoms with Crippen LogP contribution in [0.4, 0.5) is 4.39 Å². The summed E-state index contributed by atoms with van der Waals surface area (Å²) < 4.78 is 22.9. The number of hydrogen-bond donors (Lipinski definition) is 1. The molecule has 2 aromatic carbocycles. The Labute approximate surface area is 141 Å². The molecule has 0 amide bonds. The number of phenols is 1. The Morgan fingerprint density at radius 3 is 2.25 bits per heavy atom. The third kappa shape index (κ3) is 4.84. The molecule has 0 aliphatic carbocycles. The molecule has 0 unspecified atom stereocenters. The van der Waals surface area contributed by atoms with E-state index in [1.807, 2.05) is 13.8 Å². The Kier molecular flexibility index (Phi) is 7.49. The summed E-state index contributed by atoms with van der Waals surface area (Å²) in [6, 6.07) is 8.54. The molecule has 0 saturated heterocycles. The predicted octanol–water partition coefficient (Wildman–Crippen LogP) is 4.47. The van der Waals surface area contributed by atoms with Gasteiger partial charge in [0, 0.05) is 12.1 Å². The lowest BCUT2D eigenvalue weighted by molar-refractivity contribution is 0.104. The van der Waals surface area contributed by atoms with Crippen LogP contribution in [-0.2, 0) is 0 Å². The van der Waals surface area contributed by atoms with Crippen LogP contribution in [0.15, 0.2) is 42.5 Å². The van der Waals surface area contributed by atoms with Gasteiger partial charge in [0.1, 0.15) is 28.6 Å². The van der Waals surface area contributed by atoms with Crippen LogP contribution < -0.4 is 9.47 Å². The van der Waals surface area contributed by atoms with Crippen LogP contribution in [0.25, 0.3) is 6.08 Å². The molecule has 0 heterocycles. The van der Waals surface area contributed by atoms with Gasteiger partial charge in [0.2, 0.25) is 0 Å². The molecule has 24 heavy (non-hydrogen) atoms. The number of carbonyl (C=O) groups excluding carboxylic acids is 1. The van der Waals surface area contributed by atoms with E-state index in [-0.39, 0.29) is 22.9 Å². The fraction of sp³-hybridized carbons (Fsp3) is 0.211. The normalized spacial score (nSPS) is 10.0. The number of benzene rings is 2. The molecule has 0 saturated carbocycles. The fourth-order valence-corrected chi connectivity index (χ4v) is 1.93. The molecule has 0 fully saturated rings. The Bertz CT molecular complexity index is 706. The van der Waals surface area contributed by atoms with Crippen molar-refractivity contribution < 1.29 is 23.8 Å². The summed E-state index contributed by atoms with van der Waals surface area (Å²) in [7, 11) is 2.85. The zero-order valence-electron chi connectivity index (χ0n) is 14.2. The maximum Gasteiger partial charge on any atom is 0.193 e. The smallest absolute Gasteiger partial charge is 0.193 e. The van der Waals surface area contributed by atoms with E-state index < -0.39 is 5.78 Å². The second kappa shape index (κ2) is 9.35. The average molecular weight is 332 g/mol. The first-order valence-electron chi connectivity index (χ1n) is 7.48. The van der Waals surface area contributed by atoms with Crippen LogP contribution in [0.1, 0.15) is 29.8 Å². The van der Waals surface area contributed by atoms with Crippen molar-refractivity contribution in [3.63, 3.8) is 0 Å². The Balaban J connectivity index is 0.00000139. The first-order valence-corrected chi connectivity index (χ1v) is 7.48. The SMILES string of the molecule is CC.COc1cc(O)c(C(=O)/C=C/c2ccc(F)cc2)c(OC)c1. The van der Waals surface area contributed by atoms with E-state index in [0.717, 1.165) is 0 Å². The van der Waals surface area contributed by atoms with Crippen molar-refractivity contribution >= 4 is 11.9 Å². The second-order valence-electron chi connectivity index (χ2n) is 4.47. The first-order chi connectivity index (χ1) is 11.5. The van der Waals surface area contributed by atoms with Gasteiger partial charge in [0.25, 0.3) is 0 Å². The zero-order chi connectivity index (χ0) is 18.1. The number of rotatable bonds is 5. The monoisotopic (exact) mass is 332 g/mol. The molecular weight excluding hydrogens is 311 g/mol. The number of halogens is 1. The largest absolute Gasteiger partial charge is 0.507 e. The summed E-state index contributed by atoms with van der Waals surface area (Å²) in [6.45, 7) is 4.00. The maximum atomic E-state index is 12.8. The van der Waals surface area contributed by atoms with E-state index >= 15 is 0 Å². The van der Waals surface area contributed by atoms with Crippen molar-refractivity contribution in [2.24, 2.45) is 0 Å². The molecule has 0 aromatic heterocycles. The summed E-state index contributed by atoms with van der Waals surface area (Å²) in [5.74, 6) is -0.414. The van der Waals surface area contributed by atoms with E-state index in [2.05, 4.69) is 0 Å². The average Bonchev–Trinajstić information content (AvgIpc) is 2.61. The van der Waals surface area contributed by atoms with Crippen molar-refractivity contribution in [2.75, 3.05) is 14.2 Å². The molecular formula is C19H21FO4. The molecule has 0 bridgehead atoms. The molecule has 0 aliphatic heterocycles. The minimum atomic E-state index is -0.429. The Morgan fingerprint density at radius 2 is 1.71 bits per heavy atom. The van der Waals surface area contributed by atoms with Crippen molar-refractivity contribution in [1.82, 2.24) is 0 Å². The number of phenolic OH excluding ortho intramolecular Hbond substituents is 1. The molecule has 0 spiro atoms. The number of hydrogen-bond acceptors (Lipinski definition) is 4. The number of ether oxygens (including phenoxy) is 2. The first kappa shape index (κ1) is 19.2. The number of methoxy groups -OCH3 is 2. The van der Waals surface area contributed by atoms with Crippen molar-refractivity contribution in [2.45, 2.75) is 13.8 Å². The lowest BCUT2D eigenvalue weighted by Crippen LogP contribution is -2.00. The summed E-state index contributed by atoms with van der Waals surface area (Å²) in [6.07, 6.45) is 2.82. The third-order valence-electron chi connectivity index (χ3n) is 3.05. The molecule has 5 heteroatoms. The number of allylic oxidation sites excluding steroid dienone is 1. The highest BCUT2D eigenvalue weighted by molar-refractivity contribution is 6.10. The highest BCUT2D eigenvalue weighted by atomic mass is 19.1. The highest BCUT2D eigenvalue weighted by Gasteiger charge is 2.17. The minimum absolute atomic E-state index is 0.0432. The number of ketones is 1. The van der Waals surface area contributed by atoms with Crippen LogP contribution in [0.3, 0.4) is 0 Å². The Morgan fingerprint density at radius 1 is 1.08 bits per heavy atom. The summed E-state index contributed by atoms with van der Waals surface area (Å²) in [5.41, 5.74) is 0.711. The van der Waals surface area contributed by atoms with Gasteiger partial charge in [-0.3, -0.25) is 4.79 Å². The standard InChI is InChI=1S/C17H15FO4.C2H6/c1-21-13-9-15(20)17(16(10-13)22-2)14(19)8-5-11-3-6-12(18)7-4-11;1-2/h3-10,20H,1-2H3;1-2H3/b8-5+;. The molecule has 0 radical (unpaired) electrons. The highest BCUT2D eigenvalue weighted by Crippen LogP contribution is 2.33. The van der Waals surface area contributed by atoms with Gasteiger partial charge in [-0.25, -0.2) is 4.39 Å².